The van der Waals surface area contributed by atoms with Crippen LogP contribution in [0.2, 0.25) is 0 Å². The molecule has 2 aromatic carbocycles. The van der Waals surface area contributed by atoms with E-state index in [4.69, 9.17) is 9.72 Å². The Morgan fingerprint density at radius 1 is 1.00 bits per heavy atom. The quantitative estimate of drug-likeness (QED) is 0.318. The third kappa shape index (κ3) is 4.40. The average molecular weight is 584 g/mol. The normalized spacial score (nSPS) is 21.0. The average Bonchev–Trinajstić information content (AvgIpc) is 3.70. The Labute approximate surface area is 248 Å². The Morgan fingerprint density at radius 2 is 1.79 bits per heavy atom. The van der Waals surface area contributed by atoms with E-state index in [1.54, 1.807) is 18.3 Å². The highest BCUT2D eigenvalue weighted by Crippen LogP contribution is 2.41. The number of aromatic hydroxyl groups is 1. The molecule has 11 heteroatoms. The van der Waals surface area contributed by atoms with Crippen LogP contribution in [0, 0.1) is 5.82 Å². The number of phenolic OH excluding ortho intramolecular Hbond substituents is 1. The molecular weight excluding hydrogens is 549 g/mol. The molecule has 43 heavy (non-hydrogen) atoms. The Hall–Kier alpha value is -4.25. The van der Waals surface area contributed by atoms with Gasteiger partial charge in [-0.2, -0.15) is 9.97 Å². The lowest BCUT2D eigenvalue weighted by molar-refractivity contribution is 0.108. The van der Waals surface area contributed by atoms with Gasteiger partial charge in [0.1, 0.15) is 29.4 Å². The summed E-state index contributed by atoms with van der Waals surface area (Å²) in [7, 11) is 0. The smallest absolute Gasteiger partial charge is 0.319 e. The minimum Gasteiger partial charge on any atom is -0.508 e. The Bertz CT molecular complexity index is 1750. The number of benzene rings is 2. The van der Waals surface area contributed by atoms with Gasteiger partial charge in [0.2, 0.25) is 0 Å². The van der Waals surface area contributed by atoms with E-state index in [1.165, 1.54) is 0 Å². The lowest BCUT2D eigenvalue weighted by Crippen LogP contribution is -2.52. The number of hydrogen-bond acceptors (Lipinski definition) is 8. The van der Waals surface area contributed by atoms with E-state index in [9.17, 15) is 9.90 Å². The molecule has 4 aliphatic rings. The molecule has 222 valence electrons. The van der Waals surface area contributed by atoms with Gasteiger partial charge in [-0.1, -0.05) is 24.3 Å². The van der Waals surface area contributed by atoms with E-state index >= 15 is 4.39 Å². The number of pyridine rings is 1. The summed E-state index contributed by atoms with van der Waals surface area (Å²) in [4.78, 5) is 30.6. The van der Waals surface area contributed by atoms with Gasteiger partial charge in [0.25, 0.3) is 0 Å². The van der Waals surface area contributed by atoms with Crippen molar-refractivity contribution in [3.05, 3.63) is 48.4 Å². The number of phenols is 1. The van der Waals surface area contributed by atoms with Crippen LogP contribution in [-0.2, 0) is 0 Å². The predicted molar refractivity (Wildman–Crippen MR) is 161 cm³/mol. The van der Waals surface area contributed by atoms with Gasteiger partial charge in [-0.25, -0.2) is 9.18 Å². The summed E-state index contributed by atoms with van der Waals surface area (Å²) in [5, 5.41) is 18.5. The number of piperidine rings is 1. The first kappa shape index (κ1) is 26.4. The van der Waals surface area contributed by atoms with Crippen LogP contribution in [-0.4, -0.2) is 81.4 Å². The molecule has 4 aromatic rings. The van der Waals surface area contributed by atoms with Crippen LogP contribution in [0.3, 0.4) is 0 Å². The number of fused-ring (bicyclic) bond motifs is 3. The number of nitrogens with one attached hydrogen (secondary N) is 2. The molecule has 0 atom stereocenters. The van der Waals surface area contributed by atoms with Crippen LogP contribution in [0.1, 0.15) is 38.5 Å². The van der Waals surface area contributed by atoms with Gasteiger partial charge in [-0.15, -0.1) is 0 Å². The van der Waals surface area contributed by atoms with Crippen LogP contribution in [0.25, 0.3) is 32.9 Å². The van der Waals surface area contributed by atoms with Crippen molar-refractivity contribution in [1.82, 2.24) is 30.5 Å². The summed E-state index contributed by atoms with van der Waals surface area (Å²) in [6.07, 6.45) is 7.54. The topological polar surface area (TPSA) is 116 Å². The molecule has 4 saturated heterocycles. The first-order valence-electron chi connectivity index (χ1n) is 15.2. The molecule has 0 radical (unpaired) electrons. The fourth-order valence-corrected chi connectivity index (χ4v) is 7.69. The predicted octanol–water partition coefficient (Wildman–Crippen LogP) is 4.35. The number of hydrogen-bond donors (Lipinski definition) is 3. The maximum absolute atomic E-state index is 16.6. The fraction of sp³-hybridized carbons (Fsp3) is 0.438. The number of amides is 2. The van der Waals surface area contributed by atoms with Gasteiger partial charge in [-0.3, -0.25) is 9.88 Å². The number of nitrogens with zero attached hydrogens (tertiary/aromatic N) is 5. The highest BCUT2D eigenvalue weighted by Gasteiger charge is 2.45. The standard InChI is InChI=1S/C32H34FN7O3/c33-25-26(23-16-21(41)15-20-5-1-2-6-22(20)23)34-17-24-27(25)36-30(43-19-32-7-3-11-40(32)12-4-8-32)37-28(24)39-13-9-31(10-14-39)18-35-29(42)38-31/h1-2,5-6,15-17,41H,3-4,7-14,18-19H2,(H2,35,38,42). The minimum absolute atomic E-state index is 0.00784. The van der Waals surface area contributed by atoms with Gasteiger partial charge >= 0.3 is 12.0 Å². The first-order valence-corrected chi connectivity index (χ1v) is 15.2. The highest BCUT2D eigenvalue weighted by molar-refractivity contribution is 5.99. The van der Waals surface area contributed by atoms with Crippen LogP contribution in [0.15, 0.2) is 42.6 Å². The van der Waals surface area contributed by atoms with E-state index in [2.05, 4.69) is 30.4 Å². The fourth-order valence-electron chi connectivity index (χ4n) is 7.69. The third-order valence-electron chi connectivity index (χ3n) is 10.0. The minimum atomic E-state index is -0.580. The van der Waals surface area contributed by atoms with Crippen molar-refractivity contribution < 1.29 is 19.0 Å². The molecule has 6 heterocycles. The molecule has 0 saturated carbocycles. The lowest BCUT2D eigenvalue weighted by Gasteiger charge is -2.39. The van der Waals surface area contributed by atoms with Gasteiger partial charge in [0, 0.05) is 31.4 Å². The number of anilines is 1. The summed E-state index contributed by atoms with van der Waals surface area (Å²) in [5.41, 5.74) is 0.459. The van der Waals surface area contributed by atoms with Gasteiger partial charge in [0.15, 0.2) is 5.82 Å². The van der Waals surface area contributed by atoms with Crippen LogP contribution < -0.4 is 20.3 Å². The molecule has 10 nitrogen and oxygen atoms in total. The number of halogens is 1. The Balaban J connectivity index is 1.21. The molecule has 3 N–H and O–H groups in total. The summed E-state index contributed by atoms with van der Waals surface area (Å²) in [6.45, 7) is 4.48. The van der Waals surface area contributed by atoms with E-state index in [-0.39, 0.29) is 40.1 Å². The van der Waals surface area contributed by atoms with Crippen molar-refractivity contribution >= 4 is 33.5 Å². The molecule has 0 unspecified atom stereocenters. The number of aromatic nitrogens is 3. The number of carbonyl (C=O) groups is 1. The molecule has 4 aliphatic heterocycles. The molecule has 0 bridgehead atoms. The van der Waals surface area contributed by atoms with Crippen molar-refractivity contribution in [2.45, 2.75) is 49.6 Å². The van der Waals surface area contributed by atoms with E-state index < -0.39 is 5.82 Å². The van der Waals surface area contributed by atoms with Crippen LogP contribution in [0.4, 0.5) is 15.0 Å². The van der Waals surface area contributed by atoms with Crippen molar-refractivity contribution in [2.24, 2.45) is 0 Å². The van der Waals surface area contributed by atoms with E-state index in [0.717, 1.165) is 62.4 Å². The summed E-state index contributed by atoms with van der Waals surface area (Å²) in [5.74, 6) is 0.0390. The zero-order valence-corrected chi connectivity index (χ0v) is 23.9. The van der Waals surface area contributed by atoms with Gasteiger partial charge in [0.05, 0.1) is 16.5 Å². The zero-order valence-electron chi connectivity index (χ0n) is 23.9. The van der Waals surface area contributed by atoms with Gasteiger partial charge < -0.3 is 25.4 Å². The number of rotatable bonds is 5. The van der Waals surface area contributed by atoms with E-state index in [0.29, 0.717) is 43.0 Å². The third-order valence-corrected chi connectivity index (χ3v) is 10.0. The molecule has 2 aromatic heterocycles. The van der Waals surface area contributed by atoms with Crippen molar-refractivity contribution in [3.63, 3.8) is 0 Å². The second-order valence-electron chi connectivity index (χ2n) is 12.5. The molecule has 4 fully saturated rings. The number of carbonyl (C=O) groups excluding carboxylic acids is 1. The van der Waals surface area contributed by atoms with Crippen LogP contribution >= 0.6 is 0 Å². The largest absolute Gasteiger partial charge is 0.508 e. The zero-order chi connectivity index (χ0) is 29.2. The summed E-state index contributed by atoms with van der Waals surface area (Å²) >= 11 is 0. The maximum atomic E-state index is 16.6. The van der Waals surface area contributed by atoms with E-state index in [1.807, 2.05) is 24.3 Å². The maximum Gasteiger partial charge on any atom is 0.319 e. The second-order valence-corrected chi connectivity index (χ2v) is 12.5. The number of urea groups is 1. The van der Waals surface area contributed by atoms with Gasteiger partial charge in [-0.05, 0) is 74.5 Å². The molecule has 0 aliphatic carbocycles. The molecular formula is C32H34FN7O3. The highest BCUT2D eigenvalue weighted by atomic mass is 19.1. The monoisotopic (exact) mass is 583 g/mol. The molecule has 1 spiro atoms. The number of ether oxygens (including phenoxy) is 1. The van der Waals surface area contributed by atoms with Crippen molar-refractivity contribution in [1.29, 1.82) is 0 Å². The van der Waals surface area contributed by atoms with Crippen molar-refractivity contribution in [3.8, 4) is 23.0 Å². The second kappa shape index (κ2) is 9.90. The first-order chi connectivity index (χ1) is 20.9. The molecule has 2 amide bonds. The van der Waals surface area contributed by atoms with Crippen LogP contribution in [0.5, 0.6) is 11.8 Å². The summed E-state index contributed by atoms with van der Waals surface area (Å²) in [6, 6.07) is 10.8. The lowest BCUT2D eigenvalue weighted by atomic mass is 9.88. The Morgan fingerprint density at radius 3 is 2.56 bits per heavy atom. The summed E-state index contributed by atoms with van der Waals surface area (Å²) < 4.78 is 23.0. The van der Waals surface area contributed by atoms with Crippen molar-refractivity contribution in [2.75, 3.05) is 44.2 Å². The molecule has 8 rings (SSSR count). The Kier molecular flexibility index (Phi) is 6.08. The SMILES string of the molecule is O=C1NCC2(CCN(c3nc(OCC45CCCN4CCC5)nc4c(F)c(-c5cc(O)cc6ccccc56)ncc34)CC2)N1.